The van der Waals surface area contributed by atoms with Gasteiger partial charge in [-0.2, -0.15) is 0 Å². The smallest absolute Gasteiger partial charge is 0.129 e. The number of anilines is 1. The summed E-state index contributed by atoms with van der Waals surface area (Å²) in [6, 6.07) is 1.87. The molecule has 0 amide bonds. The molecule has 3 nitrogen and oxygen atoms in total. The lowest BCUT2D eigenvalue weighted by Crippen LogP contribution is -2.38. The summed E-state index contributed by atoms with van der Waals surface area (Å²) in [5, 5.41) is 10.6. The molecule has 0 spiro atoms. The number of rotatable bonds is 1. The molecule has 1 heterocycles. The number of nitrogen functional groups attached to an aromatic ring is 1. The molecule has 1 aromatic heterocycles. The van der Waals surface area contributed by atoms with Gasteiger partial charge in [-0.3, -0.25) is 0 Å². The van der Waals surface area contributed by atoms with E-state index in [-0.39, 0.29) is 5.41 Å². The van der Waals surface area contributed by atoms with Crippen molar-refractivity contribution < 1.29 is 5.11 Å². The Bertz CT molecular complexity index is 344. The van der Waals surface area contributed by atoms with E-state index < -0.39 is 5.60 Å². The molecule has 0 bridgehead atoms. The standard InChI is InChI=1S/C12H20N2O/c1-8-6-7-14-10(13)9(8)12(5,15)11(2,3)4/h6-7,15H,1-5H3,(H2,13,14). The predicted molar refractivity (Wildman–Crippen MR) is 62.4 cm³/mol. The van der Waals surface area contributed by atoms with E-state index in [0.717, 1.165) is 11.1 Å². The van der Waals surface area contributed by atoms with Gasteiger partial charge in [-0.25, -0.2) is 4.98 Å². The Balaban J connectivity index is 3.39. The molecule has 0 aromatic carbocycles. The van der Waals surface area contributed by atoms with Gasteiger partial charge in [0.25, 0.3) is 0 Å². The third-order valence-corrected chi connectivity index (χ3v) is 3.14. The van der Waals surface area contributed by atoms with Crippen molar-refractivity contribution in [2.75, 3.05) is 5.73 Å². The lowest BCUT2D eigenvalue weighted by Gasteiger charge is -2.38. The van der Waals surface area contributed by atoms with Crippen LogP contribution < -0.4 is 5.73 Å². The van der Waals surface area contributed by atoms with Crippen molar-refractivity contribution in [3.05, 3.63) is 23.4 Å². The maximum atomic E-state index is 10.6. The molecule has 0 aliphatic heterocycles. The molecule has 84 valence electrons. The summed E-state index contributed by atoms with van der Waals surface area (Å²) in [6.07, 6.45) is 1.66. The molecule has 0 fully saturated rings. The van der Waals surface area contributed by atoms with Crippen LogP contribution >= 0.6 is 0 Å². The highest BCUT2D eigenvalue weighted by Crippen LogP contribution is 2.41. The Morgan fingerprint density at radius 1 is 1.27 bits per heavy atom. The highest BCUT2D eigenvalue weighted by molar-refractivity contribution is 5.48. The second-order valence-corrected chi connectivity index (χ2v) is 5.21. The zero-order valence-electron chi connectivity index (χ0n) is 10.1. The van der Waals surface area contributed by atoms with Crippen LogP contribution in [0.4, 0.5) is 5.82 Å². The van der Waals surface area contributed by atoms with E-state index in [9.17, 15) is 5.11 Å². The Labute approximate surface area is 91.3 Å². The highest BCUT2D eigenvalue weighted by Gasteiger charge is 2.39. The number of aryl methyl sites for hydroxylation is 1. The topological polar surface area (TPSA) is 59.1 Å². The third kappa shape index (κ3) is 1.97. The fourth-order valence-electron chi connectivity index (χ4n) is 1.59. The summed E-state index contributed by atoms with van der Waals surface area (Å²) < 4.78 is 0. The summed E-state index contributed by atoms with van der Waals surface area (Å²) in [5.74, 6) is 0.412. The third-order valence-electron chi connectivity index (χ3n) is 3.14. The van der Waals surface area contributed by atoms with Gasteiger partial charge in [0.05, 0.1) is 5.60 Å². The average molecular weight is 208 g/mol. The Kier molecular flexibility index (Phi) is 2.79. The van der Waals surface area contributed by atoms with Gasteiger partial charge in [0.1, 0.15) is 5.82 Å². The van der Waals surface area contributed by atoms with Crippen molar-refractivity contribution in [3.8, 4) is 0 Å². The minimum Gasteiger partial charge on any atom is -0.385 e. The molecule has 0 aliphatic rings. The van der Waals surface area contributed by atoms with E-state index in [0.29, 0.717) is 5.82 Å². The molecule has 1 rings (SSSR count). The maximum Gasteiger partial charge on any atom is 0.129 e. The second kappa shape index (κ2) is 3.49. The molecular weight excluding hydrogens is 188 g/mol. The molecular formula is C12H20N2O. The monoisotopic (exact) mass is 208 g/mol. The van der Waals surface area contributed by atoms with Gasteiger partial charge in [0.15, 0.2) is 0 Å². The van der Waals surface area contributed by atoms with Crippen LogP contribution in [0.5, 0.6) is 0 Å². The van der Waals surface area contributed by atoms with E-state index in [1.807, 2.05) is 33.8 Å². The van der Waals surface area contributed by atoms with Crippen LogP contribution in [-0.4, -0.2) is 10.1 Å². The molecule has 15 heavy (non-hydrogen) atoms. The zero-order valence-corrected chi connectivity index (χ0v) is 10.1. The van der Waals surface area contributed by atoms with E-state index in [2.05, 4.69) is 4.98 Å². The molecule has 3 N–H and O–H groups in total. The summed E-state index contributed by atoms with van der Waals surface area (Å²) in [4.78, 5) is 4.04. The normalized spacial score (nSPS) is 16.1. The lowest BCUT2D eigenvalue weighted by atomic mass is 9.72. The van der Waals surface area contributed by atoms with Crippen LogP contribution in [0, 0.1) is 12.3 Å². The van der Waals surface area contributed by atoms with Crippen molar-refractivity contribution in [2.45, 2.75) is 40.2 Å². The van der Waals surface area contributed by atoms with Gasteiger partial charge < -0.3 is 10.8 Å². The average Bonchev–Trinajstić information content (AvgIpc) is 2.00. The molecule has 0 saturated carbocycles. The predicted octanol–water partition coefficient (Wildman–Crippen LogP) is 2.23. The zero-order chi connectivity index (χ0) is 11.9. The molecule has 1 aromatic rings. The molecule has 0 saturated heterocycles. The fourth-order valence-corrected chi connectivity index (χ4v) is 1.59. The highest BCUT2D eigenvalue weighted by atomic mass is 16.3. The van der Waals surface area contributed by atoms with Crippen molar-refractivity contribution in [1.82, 2.24) is 4.98 Å². The van der Waals surface area contributed by atoms with Gasteiger partial charge in [0, 0.05) is 11.8 Å². The first-order valence-corrected chi connectivity index (χ1v) is 5.12. The van der Waals surface area contributed by atoms with Gasteiger partial charge >= 0.3 is 0 Å². The van der Waals surface area contributed by atoms with Crippen molar-refractivity contribution in [2.24, 2.45) is 5.41 Å². The molecule has 0 radical (unpaired) electrons. The molecule has 1 atom stereocenters. The first-order chi connectivity index (χ1) is 6.68. The first kappa shape index (κ1) is 12.0. The summed E-state index contributed by atoms with van der Waals surface area (Å²) in [6.45, 7) is 9.68. The summed E-state index contributed by atoms with van der Waals surface area (Å²) in [5.41, 5.74) is 6.28. The van der Waals surface area contributed by atoms with Crippen LogP contribution in [0.3, 0.4) is 0 Å². The molecule has 0 aliphatic carbocycles. The van der Waals surface area contributed by atoms with Crippen molar-refractivity contribution in [3.63, 3.8) is 0 Å². The van der Waals surface area contributed by atoms with Crippen LogP contribution in [0.1, 0.15) is 38.8 Å². The maximum absolute atomic E-state index is 10.6. The van der Waals surface area contributed by atoms with Crippen LogP contribution in [0.25, 0.3) is 0 Å². The fraction of sp³-hybridized carbons (Fsp3) is 0.583. The van der Waals surface area contributed by atoms with E-state index in [4.69, 9.17) is 5.73 Å². The van der Waals surface area contributed by atoms with Crippen molar-refractivity contribution >= 4 is 5.82 Å². The lowest BCUT2D eigenvalue weighted by molar-refractivity contribution is -0.0470. The Morgan fingerprint density at radius 3 is 2.20 bits per heavy atom. The number of nitrogens with zero attached hydrogens (tertiary/aromatic N) is 1. The molecule has 3 heteroatoms. The minimum absolute atomic E-state index is 0.283. The van der Waals surface area contributed by atoms with Crippen LogP contribution in [0.2, 0.25) is 0 Å². The van der Waals surface area contributed by atoms with Crippen molar-refractivity contribution in [1.29, 1.82) is 0 Å². The van der Waals surface area contributed by atoms with E-state index in [1.165, 1.54) is 0 Å². The number of nitrogens with two attached hydrogens (primary N) is 1. The number of hydrogen-bond donors (Lipinski definition) is 2. The minimum atomic E-state index is -0.977. The number of pyridine rings is 1. The van der Waals surface area contributed by atoms with E-state index in [1.54, 1.807) is 13.1 Å². The van der Waals surface area contributed by atoms with Gasteiger partial charge in [-0.05, 0) is 30.9 Å². The largest absolute Gasteiger partial charge is 0.385 e. The SMILES string of the molecule is Cc1ccnc(N)c1C(C)(O)C(C)(C)C. The Hall–Kier alpha value is -1.09. The van der Waals surface area contributed by atoms with Crippen LogP contribution in [0.15, 0.2) is 12.3 Å². The van der Waals surface area contributed by atoms with Gasteiger partial charge in [-0.15, -0.1) is 0 Å². The van der Waals surface area contributed by atoms with E-state index >= 15 is 0 Å². The molecule has 1 unspecified atom stereocenters. The van der Waals surface area contributed by atoms with Crippen LogP contribution in [-0.2, 0) is 5.60 Å². The number of aromatic nitrogens is 1. The second-order valence-electron chi connectivity index (χ2n) is 5.21. The quantitative estimate of drug-likeness (QED) is 0.744. The van der Waals surface area contributed by atoms with Gasteiger partial charge in [-0.1, -0.05) is 20.8 Å². The Morgan fingerprint density at radius 2 is 1.80 bits per heavy atom. The number of hydrogen-bond acceptors (Lipinski definition) is 3. The number of aliphatic hydroxyl groups is 1. The first-order valence-electron chi connectivity index (χ1n) is 5.12. The summed E-state index contributed by atoms with van der Waals surface area (Å²) >= 11 is 0. The summed E-state index contributed by atoms with van der Waals surface area (Å²) in [7, 11) is 0. The van der Waals surface area contributed by atoms with Gasteiger partial charge in [0.2, 0.25) is 0 Å².